The predicted molar refractivity (Wildman–Crippen MR) is 77.8 cm³/mol. The van der Waals surface area contributed by atoms with Crippen LogP contribution in [0.2, 0.25) is 0 Å². The number of nitrogens with one attached hydrogen (secondary N) is 2. The SMILES string of the molecule is CC1CCC(NC(=O)NCc2ccccc2)CC1C. The van der Waals surface area contributed by atoms with Gasteiger partial charge in [0.1, 0.15) is 0 Å². The van der Waals surface area contributed by atoms with Gasteiger partial charge >= 0.3 is 6.03 Å². The lowest BCUT2D eigenvalue weighted by atomic mass is 9.79. The second-order valence-electron chi connectivity index (χ2n) is 5.78. The monoisotopic (exact) mass is 260 g/mol. The van der Waals surface area contributed by atoms with Crippen molar-refractivity contribution in [2.75, 3.05) is 0 Å². The molecule has 2 N–H and O–H groups in total. The van der Waals surface area contributed by atoms with Crippen LogP contribution in [0.25, 0.3) is 0 Å². The van der Waals surface area contributed by atoms with E-state index in [1.54, 1.807) is 0 Å². The van der Waals surface area contributed by atoms with Crippen molar-refractivity contribution < 1.29 is 4.79 Å². The highest BCUT2D eigenvalue weighted by Crippen LogP contribution is 2.29. The first-order valence-electron chi connectivity index (χ1n) is 7.23. The number of benzene rings is 1. The molecular weight excluding hydrogens is 236 g/mol. The molecule has 3 atom stereocenters. The minimum Gasteiger partial charge on any atom is -0.335 e. The quantitative estimate of drug-likeness (QED) is 0.860. The average Bonchev–Trinajstić information content (AvgIpc) is 2.42. The zero-order valence-corrected chi connectivity index (χ0v) is 11.9. The van der Waals surface area contributed by atoms with E-state index >= 15 is 0 Å². The lowest BCUT2D eigenvalue weighted by Crippen LogP contribution is -2.44. The van der Waals surface area contributed by atoms with Gasteiger partial charge in [0.15, 0.2) is 0 Å². The fourth-order valence-corrected chi connectivity index (χ4v) is 2.69. The first kappa shape index (κ1) is 13.9. The van der Waals surface area contributed by atoms with Gasteiger partial charge in [-0.3, -0.25) is 0 Å². The standard InChI is InChI=1S/C16H24N2O/c1-12-8-9-15(10-13(12)2)18-16(19)17-11-14-6-4-3-5-7-14/h3-7,12-13,15H,8-11H2,1-2H3,(H2,17,18,19). The van der Waals surface area contributed by atoms with E-state index in [1.165, 1.54) is 6.42 Å². The maximum Gasteiger partial charge on any atom is 0.315 e. The van der Waals surface area contributed by atoms with Crippen molar-refractivity contribution in [2.45, 2.75) is 45.7 Å². The summed E-state index contributed by atoms with van der Waals surface area (Å²) in [4.78, 5) is 11.9. The lowest BCUT2D eigenvalue weighted by molar-refractivity contribution is 0.208. The van der Waals surface area contributed by atoms with E-state index in [0.29, 0.717) is 18.5 Å². The highest BCUT2D eigenvalue weighted by molar-refractivity contribution is 5.74. The van der Waals surface area contributed by atoms with Crippen LogP contribution in [0.5, 0.6) is 0 Å². The predicted octanol–water partition coefficient (Wildman–Crippen LogP) is 3.31. The zero-order chi connectivity index (χ0) is 13.7. The Balaban J connectivity index is 1.73. The number of urea groups is 1. The first-order valence-corrected chi connectivity index (χ1v) is 7.23. The van der Waals surface area contributed by atoms with E-state index < -0.39 is 0 Å². The normalized spacial score (nSPS) is 26.7. The van der Waals surface area contributed by atoms with E-state index in [9.17, 15) is 4.79 Å². The average molecular weight is 260 g/mol. The number of amides is 2. The molecule has 2 rings (SSSR count). The van der Waals surface area contributed by atoms with Crippen molar-refractivity contribution in [3.05, 3.63) is 35.9 Å². The van der Waals surface area contributed by atoms with Crippen LogP contribution >= 0.6 is 0 Å². The Hall–Kier alpha value is -1.51. The Morgan fingerprint density at radius 3 is 2.58 bits per heavy atom. The van der Waals surface area contributed by atoms with Crippen LogP contribution in [0.15, 0.2) is 30.3 Å². The zero-order valence-electron chi connectivity index (χ0n) is 11.9. The van der Waals surface area contributed by atoms with Crippen LogP contribution in [-0.4, -0.2) is 12.1 Å². The maximum absolute atomic E-state index is 11.9. The minimum atomic E-state index is -0.0457. The van der Waals surface area contributed by atoms with Crippen molar-refractivity contribution in [3.8, 4) is 0 Å². The molecule has 1 saturated carbocycles. The summed E-state index contributed by atoms with van der Waals surface area (Å²) in [7, 11) is 0. The molecule has 0 radical (unpaired) electrons. The van der Waals surface area contributed by atoms with Crippen molar-refractivity contribution in [1.29, 1.82) is 0 Å². The molecule has 1 aromatic rings. The number of hydrogen-bond acceptors (Lipinski definition) is 1. The summed E-state index contributed by atoms with van der Waals surface area (Å²) in [6.07, 6.45) is 3.41. The van der Waals surface area contributed by atoms with Gasteiger partial charge in [-0.15, -0.1) is 0 Å². The molecule has 0 heterocycles. The molecule has 0 aliphatic heterocycles. The summed E-state index contributed by atoms with van der Waals surface area (Å²) in [5.74, 6) is 1.48. The maximum atomic E-state index is 11.9. The third-order valence-corrected chi connectivity index (χ3v) is 4.23. The smallest absolute Gasteiger partial charge is 0.315 e. The topological polar surface area (TPSA) is 41.1 Å². The second-order valence-corrected chi connectivity index (χ2v) is 5.78. The minimum absolute atomic E-state index is 0.0457. The highest BCUT2D eigenvalue weighted by atomic mass is 16.2. The molecule has 1 aromatic carbocycles. The molecule has 19 heavy (non-hydrogen) atoms. The number of hydrogen-bond donors (Lipinski definition) is 2. The largest absolute Gasteiger partial charge is 0.335 e. The molecule has 3 unspecified atom stereocenters. The Bertz CT molecular complexity index is 404. The van der Waals surface area contributed by atoms with Gasteiger partial charge in [-0.2, -0.15) is 0 Å². The Kier molecular flexibility index (Phi) is 4.83. The fourth-order valence-electron chi connectivity index (χ4n) is 2.69. The second kappa shape index (κ2) is 6.60. The van der Waals surface area contributed by atoms with E-state index in [-0.39, 0.29) is 6.03 Å². The molecular formula is C16H24N2O. The van der Waals surface area contributed by atoms with Crippen molar-refractivity contribution in [3.63, 3.8) is 0 Å². The lowest BCUT2D eigenvalue weighted by Gasteiger charge is -2.32. The van der Waals surface area contributed by atoms with Crippen LogP contribution in [0.1, 0.15) is 38.7 Å². The number of rotatable bonds is 3. The fraction of sp³-hybridized carbons (Fsp3) is 0.562. The van der Waals surface area contributed by atoms with Gasteiger partial charge in [0, 0.05) is 12.6 Å². The highest BCUT2D eigenvalue weighted by Gasteiger charge is 2.25. The van der Waals surface area contributed by atoms with Crippen molar-refractivity contribution >= 4 is 6.03 Å². The molecule has 0 saturated heterocycles. The molecule has 1 aliphatic carbocycles. The van der Waals surface area contributed by atoms with Crippen molar-refractivity contribution in [2.24, 2.45) is 11.8 Å². The van der Waals surface area contributed by atoms with Crippen LogP contribution in [0.3, 0.4) is 0 Å². The molecule has 1 fully saturated rings. The molecule has 104 valence electrons. The molecule has 1 aliphatic rings. The van der Waals surface area contributed by atoms with Crippen LogP contribution < -0.4 is 10.6 Å². The molecule has 0 aromatic heterocycles. The summed E-state index contributed by atoms with van der Waals surface area (Å²) in [6, 6.07) is 10.3. The molecule has 2 amide bonds. The van der Waals surface area contributed by atoms with Gasteiger partial charge in [0.25, 0.3) is 0 Å². The third kappa shape index (κ3) is 4.27. The molecule has 0 bridgehead atoms. The summed E-state index contributed by atoms with van der Waals surface area (Å²) < 4.78 is 0. The van der Waals surface area contributed by atoms with Crippen molar-refractivity contribution in [1.82, 2.24) is 10.6 Å². The van der Waals surface area contributed by atoms with Gasteiger partial charge in [-0.05, 0) is 36.7 Å². The summed E-state index contributed by atoms with van der Waals surface area (Å²) in [5.41, 5.74) is 1.13. The van der Waals surface area contributed by atoms with Crippen LogP contribution in [0, 0.1) is 11.8 Å². The van der Waals surface area contributed by atoms with Gasteiger partial charge in [-0.1, -0.05) is 44.2 Å². The third-order valence-electron chi connectivity index (χ3n) is 4.23. The van der Waals surface area contributed by atoms with E-state index in [1.807, 2.05) is 30.3 Å². The van der Waals surface area contributed by atoms with Gasteiger partial charge < -0.3 is 10.6 Å². The first-order chi connectivity index (χ1) is 9.15. The number of carbonyl (C=O) groups is 1. The molecule has 0 spiro atoms. The summed E-state index contributed by atoms with van der Waals surface area (Å²) in [6.45, 7) is 5.17. The van der Waals surface area contributed by atoms with Crippen LogP contribution in [-0.2, 0) is 6.54 Å². The van der Waals surface area contributed by atoms with Gasteiger partial charge in [0.2, 0.25) is 0 Å². The van der Waals surface area contributed by atoms with Crippen LogP contribution in [0.4, 0.5) is 4.79 Å². The summed E-state index contributed by atoms with van der Waals surface area (Å²) in [5, 5.41) is 6.01. The van der Waals surface area contributed by atoms with Gasteiger partial charge in [-0.25, -0.2) is 4.79 Å². The van der Waals surface area contributed by atoms with E-state index in [4.69, 9.17) is 0 Å². The molecule has 3 heteroatoms. The van der Waals surface area contributed by atoms with E-state index in [0.717, 1.165) is 24.3 Å². The Morgan fingerprint density at radius 2 is 1.89 bits per heavy atom. The Morgan fingerprint density at radius 1 is 1.16 bits per heavy atom. The number of carbonyl (C=O) groups excluding carboxylic acids is 1. The molecule has 3 nitrogen and oxygen atoms in total. The summed E-state index contributed by atoms with van der Waals surface area (Å²) >= 11 is 0. The van der Waals surface area contributed by atoms with Gasteiger partial charge in [0.05, 0.1) is 0 Å². The Labute approximate surface area is 115 Å². The van der Waals surface area contributed by atoms with E-state index in [2.05, 4.69) is 24.5 Å².